The summed E-state index contributed by atoms with van der Waals surface area (Å²) < 4.78 is 0. The number of benzene rings is 4. The fraction of sp³-hybridized carbons (Fsp3) is 0.121. The third-order valence-corrected chi connectivity index (χ3v) is 8.84. The predicted molar refractivity (Wildman–Crippen MR) is 159 cm³/mol. The number of halogens is 1. The number of non-ortho nitro benzene ring substituents is 1. The van der Waals surface area contributed by atoms with Crippen molar-refractivity contribution in [2.75, 3.05) is 10.2 Å². The highest BCUT2D eigenvalue weighted by atomic mass is 35.5. The van der Waals surface area contributed by atoms with E-state index in [1.54, 1.807) is 30.3 Å². The quantitative estimate of drug-likeness (QED) is 0.175. The maximum Gasteiger partial charge on any atom is 0.269 e. The molecule has 1 fully saturated rings. The molecule has 206 valence electrons. The molecule has 1 N–H and O–H groups in total. The number of nitro groups is 1. The number of nitrogens with zero attached hydrogens (tertiary/aromatic N) is 2. The lowest BCUT2D eigenvalue weighted by molar-refractivity contribution is -0.384. The van der Waals surface area contributed by atoms with E-state index in [4.69, 9.17) is 11.6 Å². The molecule has 3 aliphatic rings. The molecular formula is C33H22ClN3O5. The molecule has 7 rings (SSSR count). The summed E-state index contributed by atoms with van der Waals surface area (Å²) in [6, 6.07) is 24.8. The lowest BCUT2D eigenvalue weighted by atomic mass is 9.64. The minimum atomic E-state index is -1.45. The highest BCUT2D eigenvalue weighted by Crippen LogP contribution is 2.58. The first-order chi connectivity index (χ1) is 20.3. The van der Waals surface area contributed by atoms with Gasteiger partial charge in [0.2, 0.25) is 5.91 Å². The first-order valence-corrected chi connectivity index (χ1v) is 13.7. The third kappa shape index (κ3) is 3.58. The first kappa shape index (κ1) is 25.9. The lowest BCUT2D eigenvalue weighted by Crippen LogP contribution is -2.51. The number of carbonyl (C=O) groups is 3. The number of hydrogen-bond donors (Lipinski definition) is 1. The van der Waals surface area contributed by atoms with Crippen LogP contribution in [0.4, 0.5) is 17.1 Å². The Labute approximate surface area is 245 Å². The number of rotatable bonds is 5. The number of ketones is 2. The fourth-order valence-corrected chi connectivity index (χ4v) is 6.96. The summed E-state index contributed by atoms with van der Waals surface area (Å²) in [6.45, 7) is 0. The Morgan fingerprint density at radius 1 is 0.857 bits per heavy atom. The number of carbonyl (C=O) groups excluding carboxylic acids is 3. The van der Waals surface area contributed by atoms with Crippen LogP contribution in [0.5, 0.6) is 0 Å². The molecule has 4 aromatic carbocycles. The molecule has 3 heterocycles. The van der Waals surface area contributed by atoms with Gasteiger partial charge in [0.25, 0.3) is 5.69 Å². The second-order valence-electron chi connectivity index (χ2n) is 10.6. The molecule has 9 heteroatoms. The Hall–Kier alpha value is -5.08. The summed E-state index contributed by atoms with van der Waals surface area (Å²) >= 11 is 6.14. The van der Waals surface area contributed by atoms with Crippen molar-refractivity contribution in [1.82, 2.24) is 0 Å². The van der Waals surface area contributed by atoms with Gasteiger partial charge in [0.15, 0.2) is 11.6 Å². The van der Waals surface area contributed by atoms with E-state index in [1.807, 2.05) is 59.5 Å². The van der Waals surface area contributed by atoms with Crippen molar-refractivity contribution in [3.63, 3.8) is 0 Å². The summed E-state index contributed by atoms with van der Waals surface area (Å²) in [5.41, 5.74) is 1.71. The third-order valence-electron chi connectivity index (χ3n) is 8.58. The zero-order valence-electron chi connectivity index (χ0n) is 21.9. The number of nitro benzene ring substituents is 1. The number of fused-ring (bicyclic) bond motifs is 6. The van der Waals surface area contributed by atoms with Gasteiger partial charge in [-0.2, -0.15) is 0 Å². The standard InChI is InChI=1S/C33H22ClN3O5/c34-22-14-9-20(10-15-22)30(38)28-29(31(39)21-11-16-23(17-12-21)37(41)42)36-26-8-4-1-5-19(26)13-18-27(36)33(28)24-6-2-3-7-25(24)35-32(33)40/h1-18,27-29H,(H,35,40). The molecule has 1 spiro atoms. The molecule has 4 aromatic rings. The van der Waals surface area contributed by atoms with Crippen LogP contribution in [0, 0.1) is 16.0 Å². The molecule has 0 bridgehead atoms. The zero-order valence-corrected chi connectivity index (χ0v) is 22.7. The number of para-hydroxylation sites is 2. The van der Waals surface area contributed by atoms with Gasteiger partial charge < -0.3 is 10.2 Å². The number of Topliss-reactive ketones (excluding diaryl/α,β-unsaturated/α-hetero) is 2. The van der Waals surface area contributed by atoms with Crippen LogP contribution in [-0.4, -0.2) is 34.5 Å². The molecule has 4 unspecified atom stereocenters. The topological polar surface area (TPSA) is 110 Å². The molecule has 0 aromatic heterocycles. The Morgan fingerprint density at radius 3 is 2.24 bits per heavy atom. The summed E-state index contributed by atoms with van der Waals surface area (Å²) in [5.74, 6) is -2.31. The maximum atomic E-state index is 14.7. The monoisotopic (exact) mass is 575 g/mol. The molecular weight excluding hydrogens is 554 g/mol. The molecule has 42 heavy (non-hydrogen) atoms. The van der Waals surface area contributed by atoms with Crippen molar-refractivity contribution in [1.29, 1.82) is 0 Å². The van der Waals surface area contributed by atoms with Crippen molar-refractivity contribution in [3.8, 4) is 0 Å². The highest BCUT2D eigenvalue weighted by molar-refractivity contribution is 6.30. The van der Waals surface area contributed by atoms with Crippen molar-refractivity contribution in [3.05, 3.63) is 141 Å². The summed E-state index contributed by atoms with van der Waals surface area (Å²) in [6.07, 6.45) is 3.82. The zero-order chi connectivity index (χ0) is 29.2. The Balaban J connectivity index is 1.51. The van der Waals surface area contributed by atoms with Gasteiger partial charge in [-0.05, 0) is 59.7 Å². The summed E-state index contributed by atoms with van der Waals surface area (Å²) in [7, 11) is 0. The number of amides is 1. The van der Waals surface area contributed by atoms with Gasteiger partial charge in [-0.15, -0.1) is 0 Å². The molecule has 4 atom stereocenters. The average molecular weight is 576 g/mol. The van der Waals surface area contributed by atoms with Gasteiger partial charge in [-0.1, -0.05) is 60.2 Å². The van der Waals surface area contributed by atoms with E-state index >= 15 is 0 Å². The summed E-state index contributed by atoms with van der Waals surface area (Å²) in [4.78, 5) is 56.3. The second kappa shape index (κ2) is 9.49. The molecule has 3 aliphatic heterocycles. The van der Waals surface area contributed by atoms with Gasteiger partial charge in [-0.3, -0.25) is 24.5 Å². The van der Waals surface area contributed by atoms with Crippen LogP contribution in [0.3, 0.4) is 0 Å². The van der Waals surface area contributed by atoms with Gasteiger partial charge in [-0.25, -0.2) is 0 Å². The van der Waals surface area contributed by atoms with Crippen molar-refractivity contribution in [2.45, 2.75) is 17.5 Å². The van der Waals surface area contributed by atoms with Gasteiger partial charge in [0.1, 0.15) is 11.5 Å². The van der Waals surface area contributed by atoms with E-state index in [2.05, 4.69) is 5.32 Å². The Morgan fingerprint density at radius 2 is 1.50 bits per heavy atom. The van der Waals surface area contributed by atoms with Crippen LogP contribution in [0.1, 0.15) is 31.8 Å². The smallest absolute Gasteiger partial charge is 0.269 e. The molecule has 0 saturated carbocycles. The van der Waals surface area contributed by atoms with Crippen molar-refractivity contribution < 1.29 is 19.3 Å². The van der Waals surface area contributed by atoms with E-state index in [0.717, 1.165) is 5.56 Å². The van der Waals surface area contributed by atoms with Crippen LogP contribution in [0.15, 0.2) is 103 Å². The molecule has 1 saturated heterocycles. The minimum Gasteiger partial charge on any atom is -0.352 e. The van der Waals surface area contributed by atoms with Crippen molar-refractivity contribution >= 4 is 52.2 Å². The fourth-order valence-electron chi connectivity index (χ4n) is 6.83. The van der Waals surface area contributed by atoms with Crippen LogP contribution in [-0.2, 0) is 10.2 Å². The predicted octanol–water partition coefficient (Wildman–Crippen LogP) is 6.10. The highest BCUT2D eigenvalue weighted by Gasteiger charge is 2.70. The van der Waals surface area contributed by atoms with E-state index in [0.29, 0.717) is 27.5 Å². The molecule has 1 amide bonds. The van der Waals surface area contributed by atoms with E-state index in [1.165, 1.54) is 24.3 Å². The summed E-state index contributed by atoms with van der Waals surface area (Å²) in [5, 5.41) is 14.8. The first-order valence-electron chi connectivity index (χ1n) is 13.4. The largest absolute Gasteiger partial charge is 0.352 e. The van der Waals surface area contributed by atoms with Crippen LogP contribution in [0.2, 0.25) is 5.02 Å². The maximum absolute atomic E-state index is 14.7. The average Bonchev–Trinajstić information content (AvgIpc) is 3.49. The Kier molecular flexibility index (Phi) is 5.85. The van der Waals surface area contributed by atoms with Gasteiger partial charge in [0.05, 0.1) is 16.9 Å². The minimum absolute atomic E-state index is 0.156. The van der Waals surface area contributed by atoms with Crippen LogP contribution in [0.25, 0.3) is 6.08 Å². The number of nitrogens with one attached hydrogen (secondary N) is 1. The Bertz CT molecular complexity index is 1840. The number of hydrogen-bond acceptors (Lipinski definition) is 6. The SMILES string of the molecule is O=C(c1ccc([N+](=O)[O-])cc1)C1C(C(=O)c2ccc(Cl)cc2)C2(C(=O)Nc3ccccc32)C2C=Cc3ccccc3N12. The number of anilines is 2. The molecule has 8 nitrogen and oxygen atoms in total. The van der Waals surface area contributed by atoms with E-state index in [-0.39, 0.29) is 22.9 Å². The van der Waals surface area contributed by atoms with Crippen molar-refractivity contribution in [2.24, 2.45) is 5.92 Å². The molecule has 0 radical (unpaired) electrons. The normalized spacial score (nSPS) is 23.2. The van der Waals surface area contributed by atoms with Crippen LogP contribution >= 0.6 is 11.6 Å². The van der Waals surface area contributed by atoms with Crippen LogP contribution < -0.4 is 10.2 Å². The van der Waals surface area contributed by atoms with E-state index in [9.17, 15) is 24.5 Å². The molecule has 0 aliphatic carbocycles. The van der Waals surface area contributed by atoms with Gasteiger partial charge in [0, 0.05) is 39.7 Å². The second-order valence-corrected chi connectivity index (χ2v) is 11.0. The van der Waals surface area contributed by atoms with Gasteiger partial charge >= 0.3 is 0 Å². The lowest BCUT2D eigenvalue weighted by Gasteiger charge is -2.37. The van der Waals surface area contributed by atoms with E-state index < -0.39 is 34.1 Å².